The fourth-order valence-corrected chi connectivity index (χ4v) is 3.49. The SMILES string of the molecule is COc1cc(/C=C/c2cccc3c(=O)c4ccccc4[nH]c23)cc(OC)c1OC. The normalized spacial score (nSPS) is 11.3. The number of benzene rings is 3. The van der Waals surface area contributed by atoms with E-state index >= 15 is 0 Å². The Labute approximate surface area is 168 Å². The van der Waals surface area contributed by atoms with Gasteiger partial charge >= 0.3 is 0 Å². The van der Waals surface area contributed by atoms with Crippen LogP contribution in [0.2, 0.25) is 0 Å². The molecule has 1 N–H and O–H groups in total. The van der Waals surface area contributed by atoms with E-state index in [0.717, 1.165) is 22.2 Å². The first-order chi connectivity index (χ1) is 14.2. The molecule has 4 rings (SSSR count). The van der Waals surface area contributed by atoms with Crippen LogP contribution in [-0.4, -0.2) is 26.3 Å². The maximum absolute atomic E-state index is 12.9. The lowest BCUT2D eigenvalue weighted by Gasteiger charge is -2.13. The smallest absolute Gasteiger partial charge is 0.203 e. The number of fused-ring (bicyclic) bond motifs is 2. The molecule has 0 atom stereocenters. The zero-order valence-corrected chi connectivity index (χ0v) is 16.5. The molecule has 0 aliphatic carbocycles. The second-order valence-corrected chi connectivity index (χ2v) is 6.56. The van der Waals surface area contributed by atoms with E-state index in [0.29, 0.717) is 28.0 Å². The van der Waals surface area contributed by atoms with E-state index in [1.54, 1.807) is 21.3 Å². The number of aromatic nitrogens is 1. The van der Waals surface area contributed by atoms with E-state index < -0.39 is 0 Å². The van der Waals surface area contributed by atoms with Crippen LogP contribution >= 0.6 is 0 Å². The average molecular weight is 387 g/mol. The number of rotatable bonds is 5. The Morgan fingerprint density at radius 1 is 0.793 bits per heavy atom. The average Bonchev–Trinajstić information content (AvgIpc) is 2.77. The van der Waals surface area contributed by atoms with Crippen LogP contribution in [0.15, 0.2) is 59.4 Å². The minimum Gasteiger partial charge on any atom is -0.493 e. The van der Waals surface area contributed by atoms with Gasteiger partial charge in [0.25, 0.3) is 0 Å². The molecule has 0 aliphatic heterocycles. The Morgan fingerprint density at radius 2 is 1.48 bits per heavy atom. The molecule has 29 heavy (non-hydrogen) atoms. The van der Waals surface area contributed by atoms with Crippen LogP contribution in [0.3, 0.4) is 0 Å². The van der Waals surface area contributed by atoms with Gasteiger partial charge in [0.1, 0.15) is 0 Å². The van der Waals surface area contributed by atoms with E-state index in [2.05, 4.69) is 4.98 Å². The number of H-pyrrole nitrogens is 1. The van der Waals surface area contributed by atoms with Crippen LogP contribution in [0.25, 0.3) is 34.0 Å². The van der Waals surface area contributed by atoms with E-state index in [1.165, 1.54) is 0 Å². The molecule has 0 aliphatic rings. The number of nitrogens with one attached hydrogen (secondary N) is 1. The number of hydrogen-bond acceptors (Lipinski definition) is 4. The number of aromatic amines is 1. The van der Waals surface area contributed by atoms with Gasteiger partial charge in [-0.3, -0.25) is 4.79 Å². The maximum Gasteiger partial charge on any atom is 0.203 e. The van der Waals surface area contributed by atoms with Crippen molar-refractivity contribution >= 4 is 34.0 Å². The molecule has 0 radical (unpaired) electrons. The molecule has 5 nitrogen and oxygen atoms in total. The summed E-state index contributed by atoms with van der Waals surface area (Å²) >= 11 is 0. The number of methoxy groups -OCH3 is 3. The Hall–Kier alpha value is -3.73. The number of ether oxygens (including phenoxy) is 3. The topological polar surface area (TPSA) is 60.6 Å². The van der Waals surface area contributed by atoms with Crippen molar-refractivity contribution in [2.45, 2.75) is 0 Å². The lowest BCUT2D eigenvalue weighted by molar-refractivity contribution is 0.324. The minimum atomic E-state index is 0.0254. The standard InChI is InChI=1S/C24H21NO4/c1-27-20-13-15(14-21(28-2)24(20)29-3)11-12-16-7-6-9-18-22(16)25-19-10-5-4-8-17(19)23(18)26/h4-14H,1-3H3,(H,25,26)/b12-11+. The second kappa shape index (κ2) is 7.72. The zero-order valence-electron chi connectivity index (χ0n) is 16.5. The largest absolute Gasteiger partial charge is 0.493 e. The molecule has 0 amide bonds. The van der Waals surface area contributed by atoms with E-state index in [-0.39, 0.29) is 5.43 Å². The molecule has 0 fully saturated rings. The van der Waals surface area contributed by atoms with Gasteiger partial charge in [-0.1, -0.05) is 36.4 Å². The fourth-order valence-electron chi connectivity index (χ4n) is 3.49. The number of para-hydroxylation sites is 2. The van der Waals surface area contributed by atoms with Crippen molar-refractivity contribution in [3.8, 4) is 17.2 Å². The molecule has 1 aromatic heterocycles. The summed E-state index contributed by atoms with van der Waals surface area (Å²) in [6.07, 6.45) is 3.92. The monoisotopic (exact) mass is 387 g/mol. The molecule has 146 valence electrons. The van der Waals surface area contributed by atoms with Gasteiger partial charge in [0.15, 0.2) is 16.9 Å². The van der Waals surface area contributed by atoms with Crippen molar-refractivity contribution in [1.82, 2.24) is 4.98 Å². The summed E-state index contributed by atoms with van der Waals surface area (Å²) in [6, 6.07) is 17.0. The molecule has 0 saturated heterocycles. The third-order valence-corrected chi connectivity index (χ3v) is 4.92. The summed E-state index contributed by atoms with van der Waals surface area (Å²) in [5.74, 6) is 1.72. The van der Waals surface area contributed by atoms with Crippen molar-refractivity contribution in [2.75, 3.05) is 21.3 Å². The van der Waals surface area contributed by atoms with Gasteiger partial charge in [-0.2, -0.15) is 0 Å². The third-order valence-electron chi connectivity index (χ3n) is 4.92. The van der Waals surface area contributed by atoms with Gasteiger partial charge in [-0.25, -0.2) is 0 Å². The molecule has 1 heterocycles. The van der Waals surface area contributed by atoms with Crippen molar-refractivity contribution in [3.63, 3.8) is 0 Å². The molecular formula is C24H21NO4. The van der Waals surface area contributed by atoms with E-state index in [4.69, 9.17) is 14.2 Å². The molecule has 5 heteroatoms. The van der Waals surface area contributed by atoms with Crippen LogP contribution < -0.4 is 19.6 Å². The van der Waals surface area contributed by atoms with Crippen LogP contribution in [0.4, 0.5) is 0 Å². The van der Waals surface area contributed by atoms with Crippen molar-refractivity contribution in [2.24, 2.45) is 0 Å². The first-order valence-corrected chi connectivity index (χ1v) is 9.18. The highest BCUT2D eigenvalue weighted by Gasteiger charge is 2.12. The Balaban J connectivity index is 1.84. The lowest BCUT2D eigenvalue weighted by atomic mass is 10.0. The molecule has 0 saturated carbocycles. The van der Waals surface area contributed by atoms with Crippen LogP contribution in [-0.2, 0) is 0 Å². The van der Waals surface area contributed by atoms with Gasteiger partial charge in [0, 0.05) is 16.3 Å². The Kier molecular flexibility index (Phi) is 4.96. The van der Waals surface area contributed by atoms with Crippen molar-refractivity contribution in [1.29, 1.82) is 0 Å². The van der Waals surface area contributed by atoms with Gasteiger partial charge in [-0.15, -0.1) is 0 Å². The maximum atomic E-state index is 12.9. The number of hydrogen-bond donors (Lipinski definition) is 1. The highest BCUT2D eigenvalue weighted by Crippen LogP contribution is 2.38. The second-order valence-electron chi connectivity index (χ2n) is 6.56. The summed E-state index contributed by atoms with van der Waals surface area (Å²) in [7, 11) is 4.75. The summed E-state index contributed by atoms with van der Waals surface area (Å²) in [5.41, 5.74) is 3.45. The summed E-state index contributed by atoms with van der Waals surface area (Å²) in [5, 5.41) is 1.35. The Bertz CT molecular complexity index is 1260. The van der Waals surface area contributed by atoms with Crippen LogP contribution in [0.1, 0.15) is 11.1 Å². The highest BCUT2D eigenvalue weighted by molar-refractivity contribution is 5.97. The summed E-state index contributed by atoms with van der Waals surface area (Å²) in [6.45, 7) is 0. The predicted molar refractivity (Wildman–Crippen MR) is 117 cm³/mol. The zero-order chi connectivity index (χ0) is 20.4. The van der Waals surface area contributed by atoms with E-state index in [9.17, 15) is 4.79 Å². The molecule has 0 spiro atoms. The molecular weight excluding hydrogens is 366 g/mol. The molecule has 4 aromatic rings. The van der Waals surface area contributed by atoms with Gasteiger partial charge < -0.3 is 19.2 Å². The van der Waals surface area contributed by atoms with Gasteiger partial charge in [0.05, 0.1) is 26.8 Å². The third kappa shape index (κ3) is 3.31. The minimum absolute atomic E-state index is 0.0254. The number of pyridine rings is 1. The first kappa shape index (κ1) is 18.6. The fraction of sp³-hybridized carbons (Fsp3) is 0.125. The van der Waals surface area contributed by atoms with Gasteiger partial charge in [-0.05, 0) is 41.5 Å². The van der Waals surface area contributed by atoms with E-state index in [1.807, 2.05) is 66.7 Å². The molecule has 3 aromatic carbocycles. The Morgan fingerprint density at radius 3 is 2.17 bits per heavy atom. The van der Waals surface area contributed by atoms with Crippen molar-refractivity contribution < 1.29 is 14.2 Å². The predicted octanol–water partition coefficient (Wildman–Crippen LogP) is 4.88. The van der Waals surface area contributed by atoms with Gasteiger partial charge in [0.2, 0.25) is 5.75 Å². The quantitative estimate of drug-likeness (QED) is 0.392. The van der Waals surface area contributed by atoms with Crippen molar-refractivity contribution in [3.05, 3.63) is 75.9 Å². The first-order valence-electron chi connectivity index (χ1n) is 9.18. The summed E-state index contributed by atoms with van der Waals surface area (Å²) in [4.78, 5) is 16.3. The molecule has 0 unspecified atom stereocenters. The van der Waals surface area contributed by atoms with Crippen LogP contribution in [0.5, 0.6) is 17.2 Å². The molecule has 0 bridgehead atoms. The lowest BCUT2D eigenvalue weighted by Crippen LogP contribution is -2.04. The van der Waals surface area contributed by atoms with Crippen LogP contribution in [0, 0.1) is 0 Å². The highest BCUT2D eigenvalue weighted by atomic mass is 16.5. The summed E-state index contributed by atoms with van der Waals surface area (Å²) < 4.78 is 16.2.